The molecule has 0 radical (unpaired) electrons. The van der Waals surface area contributed by atoms with Crippen molar-refractivity contribution in [3.63, 3.8) is 0 Å². The molecule has 1 rings (SSSR count). The molecule has 20 heavy (non-hydrogen) atoms. The number of benzene rings is 1. The zero-order valence-corrected chi connectivity index (χ0v) is 13.8. The molecule has 0 aliphatic heterocycles. The Bertz CT molecular complexity index is 354. The molecule has 0 bridgehead atoms. The predicted octanol–water partition coefficient (Wildman–Crippen LogP) is 4.60. The standard InChI is InChI=1S/C18H31NO/c1-6-15(7-2)18(13-19-14(4)5)16-9-11-17(12-10-16)20-8-3/h9-12,14-15,18-19H,6-8,13H2,1-5H3. The summed E-state index contributed by atoms with van der Waals surface area (Å²) in [6.45, 7) is 12.8. The molecule has 0 aromatic heterocycles. The monoisotopic (exact) mass is 277 g/mol. The van der Waals surface area contributed by atoms with Gasteiger partial charge in [0.1, 0.15) is 5.75 Å². The van der Waals surface area contributed by atoms with Crippen LogP contribution in [0.15, 0.2) is 24.3 Å². The van der Waals surface area contributed by atoms with E-state index in [9.17, 15) is 0 Å². The molecule has 0 spiro atoms. The molecule has 0 aliphatic carbocycles. The summed E-state index contributed by atoms with van der Waals surface area (Å²) in [6.07, 6.45) is 2.46. The Morgan fingerprint density at radius 1 is 1.00 bits per heavy atom. The number of ether oxygens (including phenoxy) is 1. The molecule has 0 saturated carbocycles. The lowest BCUT2D eigenvalue weighted by molar-refractivity contribution is 0.339. The molecule has 1 aromatic rings. The van der Waals surface area contributed by atoms with Crippen LogP contribution < -0.4 is 10.1 Å². The first-order chi connectivity index (χ1) is 9.62. The van der Waals surface area contributed by atoms with E-state index in [0.717, 1.165) is 24.8 Å². The Morgan fingerprint density at radius 2 is 1.60 bits per heavy atom. The summed E-state index contributed by atoms with van der Waals surface area (Å²) in [5.74, 6) is 2.29. The van der Waals surface area contributed by atoms with Crippen molar-refractivity contribution >= 4 is 0 Å². The van der Waals surface area contributed by atoms with Gasteiger partial charge in [-0.2, -0.15) is 0 Å². The molecule has 0 heterocycles. The molecule has 1 unspecified atom stereocenters. The van der Waals surface area contributed by atoms with E-state index in [-0.39, 0.29) is 0 Å². The maximum atomic E-state index is 5.54. The van der Waals surface area contributed by atoms with Gasteiger partial charge in [0.15, 0.2) is 0 Å². The van der Waals surface area contributed by atoms with Crippen LogP contribution in [-0.2, 0) is 0 Å². The van der Waals surface area contributed by atoms with Gasteiger partial charge in [-0.05, 0) is 36.5 Å². The van der Waals surface area contributed by atoms with Gasteiger partial charge in [-0.1, -0.05) is 52.7 Å². The van der Waals surface area contributed by atoms with E-state index >= 15 is 0 Å². The smallest absolute Gasteiger partial charge is 0.119 e. The maximum Gasteiger partial charge on any atom is 0.119 e. The molecular formula is C18H31NO. The van der Waals surface area contributed by atoms with E-state index in [4.69, 9.17) is 4.74 Å². The normalized spacial score (nSPS) is 12.9. The Kier molecular flexibility index (Phi) is 7.68. The molecule has 2 heteroatoms. The number of nitrogens with one attached hydrogen (secondary N) is 1. The third-order valence-corrected chi connectivity index (χ3v) is 3.98. The summed E-state index contributed by atoms with van der Waals surface area (Å²) in [7, 11) is 0. The van der Waals surface area contributed by atoms with E-state index < -0.39 is 0 Å². The van der Waals surface area contributed by atoms with Gasteiger partial charge in [-0.3, -0.25) is 0 Å². The molecule has 0 saturated heterocycles. The van der Waals surface area contributed by atoms with E-state index in [1.807, 2.05) is 6.92 Å². The van der Waals surface area contributed by atoms with E-state index in [0.29, 0.717) is 12.0 Å². The van der Waals surface area contributed by atoms with Crippen molar-refractivity contribution in [2.75, 3.05) is 13.2 Å². The van der Waals surface area contributed by atoms with Crippen LogP contribution in [-0.4, -0.2) is 19.2 Å². The fourth-order valence-electron chi connectivity index (χ4n) is 2.75. The Labute approximate surface area is 124 Å². The van der Waals surface area contributed by atoms with Crippen molar-refractivity contribution in [3.8, 4) is 5.75 Å². The summed E-state index contributed by atoms with van der Waals surface area (Å²) >= 11 is 0. The minimum atomic E-state index is 0.537. The van der Waals surface area contributed by atoms with E-state index in [1.165, 1.54) is 18.4 Å². The van der Waals surface area contributed by atoms with Crippen molar-refractivity contribution in [2.24, 2.45) is 5.92 Å². The molecule has 0 fully saturated rings. The minimum Gasteiger partial charge on any atom is -0.494 e. The largest absolute Gasteiger partial charge is 0.494 e. The van der Waals surface area contributed by atoms with E-state index in [2.05, 4.69) is 57.3 Å². The summed E-state index contributed by atoms with van der Waals surface area (Å²) in [5, 5.41) is 3.60. The lowest BCUT2D eigenvalue weighted by Gasteiger charge is -2.27. The quantitative estimate of drug-likeness (QED) is 0.712. The van der Waals surface area contributed by atoms with Crippen LogP contribution in [0, 0.1) is 5.92 Å². The summed E-state index contributed by atoms with van der Waals surface area (Å²) in [4.78, 5) is 0. The highest BCUT2D eigenvalue weighted by Gasteiger charge is 2.20. The zero-order valence-electron chi connectivity index (χ0n) is 13.8. The molecule has 1 atom stereocenters. The van der Waals surface area contributed by atoms with E-state index in [1.54, 1.807) is 0 Å². The van der Waals surface area contributed by atoms with Crippen LogP contribution in [0.1, 0.15) is 58.9 Å². The van der Waals surface area contributed by atoms with Crippen molar-refractivity contribution in [2.45, 2.75) is 59.4 Å². The van der Waals surface area contributed by atoms with Crippen LogP contribution >= 0.6 is 0 Å². The number of rotatable bonds is 9. The lowest BCUT2D eigenvalue weighted by atomic mass is 9.82. The van der Waals surface area contributed by atoms with Gasteiger partial charge in [-0.15, -0.1) is 0 Å². The highest BCUT2D eigenvalue weighted by atomic mass is 16.5. The molecule has 0 amide bonds. The van der Waals surface area contributed by atoms with Crippen molar-refractivity contribution in [3.05, 3.63) is 29.8 Å². The van der Waals surface area contributed by atoms with Crippen LogP contribution in [0.4, 0.5) is 0 Å². The molecular weight excluding hydrogens is 246 g/mol. The zero-order chi connectivity index (χ0) is 15.0. The van der Waals surface area contributed by atoms with Crippen LogP contribution in [0.25, 0.3) is 0 Å². The maximum absolute atomic E-state index is 5.54. The summed E-state index contributed by atoms with van der Waals surface area (Å²) in [5.41, 5.74) is 1.43. The molecule has 1 aromatic carbocycles. The second kappa shape index (κ2) is 9.02. The van der Waals surface area contributed by atoms with Gasteiger partial charge < -0.3 is 10.1 Å². The first kappa shape index (κ1) is 17.0. The van der Waals surface area contributed by atoms with Crippen LogP contribution in [0.5, 0.6) is 5.75 Å². The first-order valence-electron chi connectivity index (χ1n) is 8.08. The predicted molar refractivity (Wildman–Crippen MR) is 87.6 cm³/mol. The average molecular weight is 277 g/mol. The van der Waals surface area contributed by atoms with Crippen molar-refractivity contribution in [1.82, 2.24) is 5.32 Å². The minimum absolute atomic E-state index is 0.537. The molecule has 0 aliphatic rings. The molecule has 1 N–H and O–H groups in total. The third kappa shape index (κ3) is 5.16. The topological polar surface area (TPSA) is 21.3 Å². The number of hydrogen-bond donors (Lipinski definition) is 1. The second-order valence-electron chi connectivity index (χ2n) is 5.75. The SMILES string of the molecule is CCOc1ccc(C(CNC(C)C)C(CC)CC)cc1. The summed E-state index contributed by atoms with van der Waals surface area (Å²) in [6, 6.07) is 9.20. The van der Waals surface area contributed by atoms with Gasteiger partial charge in [-0.25, -0.2) is 0 Å². The first-order valence-corrected chi connectivity index (χ1v) is 8.08. The van der Waals surface area contributed by atoms with Gasteiger partial charge in [0.25, 0.3) is 0 Å². The van der Waals surface area contributed by atoms with Gasteiger partial charge in [0.2, 0.25) is 0 Å². The van der Waals surface area contributed by atoms with Gasteiger partial charge in [0.05, 0.1) is 6.61 Å². The van der Waals surface area contributed by atoms with Crippen LogP contribution in [0.3, 0.4) is 0 Å². The lowest BCUT2D eigenvalue weighted by Crippen LogP contribution is -2.31. The van der Waals surface area contributed by atoms with Crippen molar-refractivity contribution in [1.29, 1.82) is 0 Å². The Hall–Kier alpha value is -1.02. The molecule has 114 valence electrons. The highest BCUT2D eigenvalue weighted by Crippen LogP contribution is 2.30. The van der Waals surface area contributed by atoms with Crippen LogP contribution in [0.2, 0.25) is 0 Å². The number of hydrogen-bond acceptors (Lipinski definition) is 2. The van der Waals surface area contributed by atoms with Gasteiger partial charge >= 0.3 is 0 Å². The summed E-state index contributed by atoms with van der Waals surface area (Å²) < 4.78 is 5.54. The van der Waals surface area contributed by atoms with Crippen molar-refractivity contribution < 1.29 is 4.74 Å². The molecule has 2 nitrogen and oxygen atoms in total. The second-order valence-corrected chi connectivity index (χ2v) is 5.75. The fourth-order valence-corrected chi connectivity index (χ4v) is 2.75. The Morgan fingerprint density at radius 3 is 2.05 bits per heavy atom. The Balaban J connectivity index is 2.84. The van der Waals surface area contributed by atoms with Gasteiger partial charge in [0, 0.05) is 12.6 Å². The fraction of sp³-hybridized carbons (Fsp3) is 0.667. The third-order valence-electron chi connectivity index (χ3n) is 3.98. The highest BCUT2D eigenvalue weighted by molar-refractivity contribution is 5.30. The average Bonchev–Trinajstić information content (AvgIpc) is 2.44.